The molecular formula is C15H13N3. The lowest BCUT2D eigenvalue weighted by Gasteiger charge is -2.08. The summed E-state index contributed by atoms with van der Waals surface area (Å²) in [5.41, 5.74) is 3.15. The number of pyridine rings is 2. The van der Waals surface area contributed by atoms with Gasteiger partial charge in [0, 0.05) is 23.5 Å². The topological polar surface area (TPSA) is 37.8 Å². The molecule has 3 aromatic rings. The van der Waals surface area contributed by atoms with Crippen LogP contribution in [-0.4, -0.2) is 9.97 Å². The van der Waals surface area contributed by atoms with Gasteiger partial charge in [-0.3, -0.25) is 4.98 Å². The van der Waals surface area contributed by atoms with Crippen molar-refractivity contribution in [3.05, 3.63) is 60.4 Å². The Hall–Kier alpha value is -2.42. The Kier molecular flexibility index (Phi) is 2.65. The van der Waals surface area contributed by atoms with Crippen molar-refractivity contribution in [3.63, 3.8) is 0 Å². The fourth-order valence-corrected chi connectivity index (χ4v) is 1.91. The van der Waals surface area contributed by atoms with E-state index in [0.717, 1.165) is 28.0 Å². The number of aryl methyl sites for hydroxylation is 1. The molecular weight excluding hydrogens is 222 g/mol. The fraction of sp³-hybridized carbons (Fsp3) is 0.0667. The van der Waals surface area contributed by atoms with Crippen molar-refractivity contribution in [1.82, 2.24) is 9.97 Å². The predicted molar refractivity (Wildman–Crippen MR) is 74.0 cm³/mol. The first-order valence-electron chi connectivity index (χ1n) is 5.86. The normalized spacial score (nSPS) is 10.5. The molecule has 2 aromatic heterocycles. The van der Waals surface area contributed by atoms with Gasteiger partial charge >= 0.3 is 0 Å². The van der Waals surface area contributed by atoms with Gasteiger partial charge in [-0.05, 0) is 42.8 Å². The van der Waals surface area contributed by atoms with E-state index in [1.807, 2.05) is 37.3 Å². The van der Waals surface area contributed by atoms with Crippen LogP contribution in [0.2, 0.25) is 0 Å². The SMILES string of the molecule is Cc1cccnc1Nc1ccc2ncccc2c1. The lowest BCUT2D eigenvalue weighted by molar-refractivity contribution is 1.26. The van der Waals surface area contributed by atoms with Crippen LogP contribution in [0.1, 0.15) is 5.56 Å². The molecule has 0 saturated carbocycles. The summed E-state index contributed by atoms with van der Waals surface area (Å²) in [5.74, 6) is 0.890. The number of hydrogen-bond donors (Lipinski definition) is 1. The molecule has 3 heteroatoms. The Labute approximate surface area is 106 Å². The molecule has 1 aromatic carbocycles. The van der Waals surface area contributed by atoms with Gasteiger partial charge in [0.2, 0.25) is 0 Å². The molecule has 0 aliphatic rings. The monoisotopic (exact) mass is 235 g/mol. The van der Waals surface area contributed by atoms with Gasteiger partial charge in [-0.2, -0.15) is 0 Å². The van der Waals surface area contributed by atoms with Crippen LogP contribution in [0.4, 0.5) is 11.5 Å². The minimum Gasteiger partial charge on any atom is -0.340 e. The summed E-state index contributed by atoms with van der Waals surface area (Å²) in [4.78, 5) is 8.63. The van der Waals surface area contributed by atoms with Gasteiger partial charge in [0.25, 0.3) is 0 Å². The van der Waals surface area contributed by atoms with Gasteiger partial charge in [0.05, 0.1) is 5.52 Å². The Morgan fingerprint density at radius 3 is 2.67 bits per heavy atom. The van der Waals surface area contributed by atoms with Crippen LogP contribution in [0.3, 0.4) is 0 Å². The Morgan fingerprint density at radius 1 is 0.944 bits per heavy atom. The first-order chi connectivity index (χ1) is 8.83. The molecule has 1 N–H and O–H groups in total. The molecule has 3 nitrogen and oxygen atoms in total. The first kappa shape index (κ1) is 10.7. The minimum absolute atomic E-state index is 0.890. The third-order valence-corrected chi connectivity index (χ3v) is 2.88. The maximum atomic E-state index is 4.33. The summed E-state index contributed by atoms with van der Waals surface area (Å²) in [6.45, 7) is 2.04. The molecule has 3 rings (SSSR count). The van der Waals surface area contributed by atoms with E-state index in [1.165, 1.54) is 0 Å². The fourth-order valence-electron chi connectivity index (χ4n) is 1.91. The second-order valence-corrected chi connectivity index (χ2v) is 4.20. The minimum atomic E-state index is 0.890. The zero-order valence-electron chi connectivity index (χ0n) is 10.1. The van der Waals surface area contributed by atoms with Crippen LogP contribution in [0.25, 0.3) is 10.9 Å². The van der Waals surface area contributed by atoms with Crippen molar-refractivity contribution in [3.8, 4) is 0 Å². The van der Waals surface area contributed by atoms with Gasteiger partial charge in [0.1, 0.15) is 5.82 Å². The number of anilines is 2. The standard InChI is InChI=1S/C15H13N3/c1-11-4-2-9-17-15(11)18-13-6-7-14-12(10-13)5-3-8-16-14/h2-10H,1H3,(H,17,18). The summed E-state index contributed by atoms with van der Waals surface area (Å²) in [7, 11) is 0. The van der Waals surface area contributed by atoms with Gasteiger partial charge in [-0.1, -0.05) is 12.1 Å². The highest BCUT2D eigenvalue weighted by atomic mass is 15.0. The third-order valence-electron chi connectivity index (χ3n) is 2.88. The zero-order valence-corrected chi connectivity index (χ0v) is 10.1. The average molecular weight is 235 g/mol. The predicted octanol–water partition coefficient (Wildman–Crippen LogP) is 3.68. The molecule has 0 saturated heterocycles. The van der Waals surface area contributed by atoms with E-state index < -0.39 is 0 Å². The van der Waals surface area contributed by atoms with Crippen molar-refractivity contribution >= 4 is 22.4 Å². The van der Waals surface area contributed by atoms with Crippen LogP contribution in [0.5, 0.6) is 0 Å². The molecule has 0 aliphatic carbocycles. The van der Waals surface area contributed by atoms with Crippen LogP contribution in [0.15, 0.2) is 54.9 Å². The van der Waals surface area contributed by atoms with Gasteiger partial charge in [0.15, 0.2) is 0 Å². The quantitative estimate of drug-likeness (QED) is 0.736. The highest BCUT2D eigenvalue weighted by Gasteiger charge is 2.00. The Balaban J connectivity index is 1.98. The Morgan fingerprint density at radius 2 is 1.78 bits per heavy atom. The lowest BCUT2D eigenvalue weighted by atomic mass is 10.2. The van der Waals surface area contributed by atoms with Crippen molar-refractivity contribution < 1.29 is 0 Å². The van der Waals surface area contributed by atoms with Crippen LogP contribution >= 0.6 is 0 Å². The molecule has 0 spiro atoms. The van der Waals surface area contributed by atoms with Crippen molar-refractivity contribution in [2.45, 2.75) is 6.92 Å². The van der Waals surface area contributed by atoms with Crippen LogP contribution in [0, 0.1) is 6.92 Å². The molecule has 0 amide bonds. The van der Waals surface area contributed by atoms with Crippen molar-refractivity contribution in [2.75, 3.05) is 5.32 Å². The average Bonchev–Trinajstić information content (AvgIpc) is 2.41. The number of benzene rings is 1. The molecule has 0 bridgehead atoms. The van der Waals surface area contributed by atoms with Crippen molar-refractivity contribution in [2.24, 2.45) is 0 Å². The van der Waals surface area contributed by atoms with Crippen LogP contribution < -0.4 is 5.32 Å². The van der Waals surface area contributed by atoms with Crippen molar-refractivity contribution in [1.29, 1.82) is 0 Å². The number of nitrogens with zero attached hydrogens (tertiary/aromatic N) is 2. The number of hydrogen-bond acceptors (Lipinski definition) is 3. The molecule has 0 aliphatic heterocycles. The third kappa shape index (κ3) is 2.02. The molecule has 0 unspecified atom stereocenters. The molecule has 2 heterocycles. The smallest absolute Gasteiger partial charge is 0.133 e. The molecule has 0 radical (unpaired) electrons. The van der Waals surface area contributed by atoms with Gasteiger partial charge in [-0.15, -0.1) is 0 Å². The summed E-state index contributed by atoms with van der Waals surface area (Å²) in [5, 5.41) is 4.45. The van der Waals surface area contributed by atoms with Gasteiger partial charge in [-0.25, -0.2) is 4.98 Å². The zero-order chi connectivity index (χ0) is 12.4. The molecule has 0 fully saturated rings. The number of fused-ring (bicyclic) bond motifs is 1. The molecule has 88 valence electrons. The summed E-state index contributed by atoms with van der Waals surface area (Å²) in [6, 6.07) is 14.1. The highest BCUT2D eigenvalue weighted by Crippen LogP contribution is 2.21. The highest BCUT2D eigenvalue weighted by molar-refractivity contribution is 5.83. The maximum Gasteiger partial charge on any atom is 0.133 e. The summed E-state index contributed by atoms with van der Waals surface area (Å²) >= 11 is 0. The number of rotatable bonds is 2. The van der Waals surface area contributed by atoms with E-state index in [-0.39, 0.29) is 0 Å². The summed E-state index contributed by atoms with van der Waals surface area (Å²) in [6.07, 6.45) is 3.59. The van der Waals surface area contributed by atoms with E-state index in [4.69, 9.17) is 0 Å². The molecule has 0 atom stereocenters. The second-order valence-electron chi connectivity index (χ2n) is 4.20. The second kappa shape index (κ2) is 4.45. The maximum absolute atomic E-state index is 4.33. The lowest BCUT2D eigenvalue weighted by Crippen LogP contribution is -1.95. The number of aromatic nitrogens is 2. The molecule has 18 heavy (non-hydrogen) atoms. The van der Waals surface area contributed by atoms with Gasteiger partial charge < -0.3 is 5.32 Å². The number of nitrogens with one attached hydrogen (secondary N) is 1. The van der Waals surface area contributed by atoms with E-state index in [2.05, 4.69) is 27.4 Å². The largest absolute Gasteiger partial charge is 0.340 e. The van der Waals surface area contributed by atoms with E-state index in [1.54, 1.807) is 12.4 Å². The van der Waals surface area contributed by atoms with E-state index in [9.17, 15) is 0 Å². The Bertz CT molecular complexity index is 692. The summed E-state index contributed by atoms with van der Waals surface area (Å²) < 4.78 is 0. The van der Waals surface area contributed by atoms with E-state index in [0.29, 0.717) is 0 Å². The van der Waals surface area contributed by atoms with E-state index >= 15 is 0 Å². The van der Waals surface area contributed by atoms with Crippen LogP contribution in [-0.2, 0) is 0 Å². The first-order valence-corrected chi connectivity index (χ1v) is 5.86.